The van der Waals surface area contributed by atoms with Crippen molar-refractivity contribution in [1.82, 2.24) is 5.32 Å². The zero-order valence-electron chi connectivity index (χ0n) is 6.86. The highest BCUT2D eigenvalue weighted by Crippen LogP contribution is 2.07. The van der Waals surface area contributed by atoms with Crippen molar-refractivity contribution in [2.24, 2.45) is 11.5 Å². The van der Waals surface area contributed by atoms with Gasteiger partial charge in [-0.2, -0.15) is 0 Å². The van der Waals surface area contributed by atoms with E-state index >= 15 is 0 Å². The van der Waals surface area contributed by atoms with Crippen molar-refractivity contribution in [1.29, 1.82) is 0 Å². The monoisotopic (exact) mass is 173 g/mol. The second-order valence-electron chi connectivity index (χ2n) is 3.09. The van der Waals surface area contributed by atoms with Gasteiger partial charge in [0.2, 0.25) is 0 Å². The first-order valence-corrected chi connectivity index (χ1v) is 4.06. The summed E-state index contributed by atoms with van der Waals surface area (Å²) in [5.41, 5.74) is 10.7. The fourth-order valence-corrected chi connectivity index (χ4v) is 1.31. The lowest BCUT2D eigenvalue weighted by Crippen LogP contribution is -2.46. The maximum absolute atomic E-state index is 11.3. The van der Waals surface area contributed by atoms with Crippen molar-refractivity contribution in [2.45, 2.75) is 24.6 Å². The second kappa shape index (κ2) is 3.95. The van der Waals surface area contributed by atoms with Crippen LogP contribution in [0.4, 0.5) is 0 Å². The van der Waals surface area contributed by atoms with E-state index in [-0.39, 0.29) is 18.4 Å². The van der Waals surface area contributed by atoms with Crippen LogP contribution in [-0.2, 0) is 4.79 Å². The Kier molecular flexibility index (Phi) is 3.16. The summed E-state index contributed by atoms with van der Waals surface area (Å²) in [6, 6.07) is -0.911. The minimum absolute atomic E-state index is 0.103. The van der Waals surface area contributed by atoms with Gasteiger partial charge in [-0.05, 0) is 6.42 Å². The highest BCUT2D eigenvalue weighted by Gasteiger charge is 2.30. The summed E-state index contributed by atoms with van der Waals surface area (Å²) in [7, 11) is 0. The van der Waals surface area contributed by atoms with Gasteiger partial charge < -0.3 is 21.9 Å². The molecule has 1 saturated heterocycles. The quantitative estimate of drug-likeness (QED) is 0.380. The summed E-state index contributed by atoms with van der Waals surface area (Å²) in [6.07, 6.45) is 0.0240. The Morgan fingerprint density at radius 2 is 2.42 bits per heavy atom. The van der Waals surface area contributed by atoms with Gasteiger partial charge in [0.1, 0.15) is 0 Å². The molecule has 0 spiro atoms. The number of nitrogens with one attached hydrogen (secondary N) is 1. The van der Waals surface area contributed by atoms with Crippen LogP contribution in [0.2, 0.25) is 0 Å². The molecule has 5 nitrogen and oxygen atoms in total. The van der Waals surface area contributed by atoms with Crippen LogP contribution in [0.1, 0.15) is 6.42 Å². The van der Waals surface area contributed by atoms with Crippen LogP contribution in [0.3, 0.4) is 0 Å². The Bertz CT molecular complexity index is 174. The van der Waals surface area contributed by atoms with E-state index in [9.17, 15) is 4.79 Å². The van der Waals surface area contributed by atoms with E-state index in [2.05, 4.69) is 5.32 Å². The summed E-state index contributed by atoms with van der Waals surface area (Å²) in [5, 5.41) is 12.0. The Labute approximate surface area is 71.1 Å². The Hall–Kier alpha value is -0.490. The summed E-state index contributed by atoms with van der Waals surface area (Å²) in [4.78, 5) is 11.3. The van der Waals surface area contributed by atoms with Crippen molar-refractivity contribution < 1.29 is 9.90 Å². The maximum atomic E-state index is 11.3. The molecule has 3 atom stereocenters. The van der Waals surface area contributed by atoms with Crippen molar-refractivity contribution in [3.8, 4) is 0 Å². The highest BCUT2D eigenvalue weighted by atomic mass is 16.3. The molecule has 1 unspecified atom stereocenters. The van der Waals surface area contributed by atoms with Gasteiger partial charge in [0.15, 0.2) is 5.78 Å². The largest absolute Gasteiger partial charge is 0.392 e. The number of ketones is 1. The number of nitrogens with two attached hydrogens (primary N) is 2. The molecule has 0 aromatic heterocycles. The van der Waals surface area contributed by atoms with Gasteiger partial charge in [0, 0.05) is 13.1 Å². The normalized spacial score (nSPS) is 31.9. The van der Waals surface area contributed by atoms with Gasteiger partial charge in [-0.25, -0.2) is 0 Å². The molecule has 0 radical (unpaired) electrons. The molecule has 1 fully saturated rings. The molecule has 0 bridgehead atoms. The first-order chi connectivity index (χ1) is 5.65. The Balaban J connectivity index is 2.43. The predicted molar refractivity (Wildman–Crippen MR) is 44.5 cm³/mol. The molecule has 70 valence electrons. The van der Waals surface area contributed by atoms with Gasteiger partial charge in [0.25, 0.3) is 0 Å². The molecular formula is C7H15N3O2. The van der Waals surface area contributed by atoms with E-state index in [4.69, 9.17) is 16.6 Å². The molecular weight excluding hydrogens is 158 g/mol. The molecule has 6 N–H and O–H groups in total. The number of rotatable bonds is 3. The third-order valence-corrected chi connectivity index (χ3v) is 2.07. The van der Waals surface area contributed by atoms with Crippen LogP contribution < -0.4 is 16.8 Å². The Morgan fingerprint density at radius 1 is 1.75 bits per heavy atom. The fraction of sp³-hybridized carbons (Fsp3) is 0.857. The first kappa shape index (κ1) is 9.60. The molecule has 0 aromatic carbocycles. The molecule has 0 amide bonds. The summed E-state index contributed by atoms with van der Waals surface area (Å²) < 4.78 is 0. The Morgan fingerprint density at radius 3 is 2.83 bits per heavy atom. The van der Waals surface area contributed by atoms with Crippen LogP contribution in [0.25, 0.3) is 0 Å². The van der Waals surface area contributed by atoms with Crippen LogP contribution >= 0.6 is 0 Å². The van der Waals surface area contributed by atoms with Crippen LogP contribution in [0.5, 0.6) is 0 Å². The average Bonchev–Trinajstić information content (AvgIpc) is 2.49. The van der Waals surface area contributed by atoms with E-state index in [0.717, 1.165) is 0 Å². The number of carbonyl (C=O) groups excluding carboxylic acids is 1. The van der Waals surface area contributed by atoms with E-state index in [1.807, 2.05) is 0 Å². The molecule has 1 aliphatic rings. The van der Waals surface area contributed by atoms with Crippen LogP contribution in [-0.4, -0.2) is 42.2 Å². The number of hydrogen-bond donors (Lipinski definition) is 4. The molecule has 0 aliphatic carbocycles. The third kappa shape index (κ3) is 2.01. The average molecular weight is 173 g/mol. The fourth-order valence-electron chi connectivity index (χ4n) is 1.31. The summed E-state index contributed by atoms with van der Waals surface area (Å²) in [5.74, 6) is -0.103. The lowest BCUT2D eigenvalue weighted by atomic mass is 10.0. The lowest BCUT2D eigenvalue weighted by molar-refractivity contribution is -0.121. The number of β-amino-alcohol motifs (C(OH)–C–C–N with tert-alkyl or cyclic N) is 1. The zero-order chi connectivity index (χ0) is 9.14. The summed E-state index contributed by atoms with van der Waals surface area (Å²) in [6.45, 7) is 0.626. The van der Waals surface area contributed by atoms with Crippen LogP contribution in [0.15, 0.2) is 0 Å². The van der Waals surface area contributed by atoms with Crippen molar-refractivity contribution in [3.63, 3.8) is 0 Å². The van der Waals surface area contributed by atoms with E-state index in [1.165, 1.54) is 0 Å². The number of hydrogen-bond acceptors (Lipinski definition) is 5. The SMILES string of the molecule is NCC(N)C(=O)[C@@H]1C[C@@H](O)CN1. The standard InChI is InChI=1S/C7H15N3O2/c8-2-5(9)7(12)6-1-4(11)3-10-6/h4-6,10-11H,1-3,8-9H2/t4-,5?,6+/m1/s1. The molecule has 0 aromatic rings. The molecule has 0 saturated carbocycles. The van der Waals surface area contributed by atoms with Gasteiger partial charge in [-0.3, -0.25) is 4.79 Å². The van der Waals surface area contributed by atoms with Crippen molar-refractivity contribution >= 4 is 5.78 Å². The predicted octanol–water partition coefficient (Wildman–Crippen LogP) is -2.44. The smallest absolute Gasteiger partial charge is 0.167 e. The van der Waals surface area contributed by atoms with Gasteiger partial charge in [-0.15, -0.1) is 0 Å². The zero-order valence-corrected chi connectivity index (χ0v) is 6.86. The molecule has 1 rings (SSSR count). The third-order valence-electron chi connectivity index (χ3n) is 2.07. The summed E-state index contributed by atoms with van der Waals surface area (Å²) >= 11 is 0. The van der Waals surface area contributed by atoms with Gasteiger partial charge in [-0.1, -0.05) is 0 Å². The van der Waals surface area contributed by atoms with Crippen LogP contribution in [0, 0.1) is 0 Å². The second-order valence-corrected chi connectivity index (χ2v) is 3.09. The number of Topliss-reactive ketones (excluding diaryl/α,β-unsaturated/α-hetero) is 1. The lowest BCUT2D eigenvalue weighted by Gasteiger charge is -2.13. The van der Waals surface area contributed by atoms with E-state index in [0.29, 0.717) is 13.0 Å². The molecule has 12 heavy (non-hydrogen) atoms. The van der Waals surface area contributed by atoms with Crippen molar-refractivity contribution in [3.05, 3.63) is 0 Å². The van der Waals surface area contributed by atoms with Crippen molar-refractivity contribution in [2.75, 3.05) is 13.1 Å². The van der Waals surface area contributed by atoms with E-state index in [1.54, 1.807) is 0 Å². The minimum atomic E-state index is -0.604. The highest BCUT2D eigenvalue weighted by molar-refractivity contribution is 5.89. The minimum Gasteiger partial charge on any atom is -0.392 e. The van der Waals surface area contributed by atoms with Gasteiger partial charge in [0.05, 0.1) is 18.2 Å². The molecule has 1 heterocycles. The first-order valence-electron chi connectivity index (χ1n) is 4.06. The number of aliphatic hydroxyl groups is 1. The topological polar surface area (TPSA) is 101 Å². The maximum Gasteiger partial charge on any atom is 0.167 e. The van der Waals surface area contributed by atoms with E-state index < -0.39 is 12.1 Å². The molecule has 5 heteroatoms. The number of carbonyl (C=O) groups is 1. The van der Waals surface area contributed by atoms with Gasteiger partial charge >= 0.3 is 0 Å². The number of aliphatic hydroxyl groups excluding tert-OH is 1. The molecule has 1 aliphatic heterocycles.